The van der Waals surface area contributed by atoms with Crippen molar-refractivity contribution < 1.29 is 9.90 Å². The van der Waals surface area contributed by atoms with Crippen LogP contribution in [0.1, 0.15) is 21.7 Å². The molecule has 12 heavy (non-hydrogen) atoms. The van der Waals surface area contributed by atoms with E-state index in [9.17, 15) is 4.79 Å². The van der Waals surface area contributed by atoms with Gasteiger partial charge in [0.25, 0.3) is 0 Å². The average Bonchev–Trinajstić information content (AvgIpc) is 2.52. The summed E-state index contributed by atoms with van der Waals surface area (Å²) in [6, 6.07) is 1.99. The fourth-order valence-corrected chi connectivity index (χ4v) is 2.49. The quantitative estimate of drug-likeness (QED) is 0.714. The highest BCUT2D eigenvalue weighted by atomic mass is 32.1. The molecule has 0 radical (unpaired) electrons. The van der Waals surface area contributed by atoms with Crippen molar-refractivity contribution in [3.63, 3.8) is 0 Å². The van der Waals surface area contributed by atoms with E-state index >= 15 is 0 Å². The monoisotopic (exact) mass is 182 g/mol. The number of carbonyl (C=O) groups is 1. The lowest BCUT2D eigenvalue weighted by Crippen LogP contribution is -2.20. The van der Waals surface area contributed by atoms with Crippen LogP contribution >= 0.6 is 11.3 Å². The van der Waals surface area contributed by atoms with Gasteiger partial charge in [0.05, 0.1) is 4.88 Å². The van der Waals surface area contributed by atoms with Gasteiger partial charge in [0.1, 0.15) is 0 Å². The van der Waals surface area contributed by atoms with Gasteiger partial charge in [0.15, 0.2) is 5.78 Å². The summed E-state index contributed by atoms with van der Waals surface area (Å²) in [5, 5.41) is 10.9. The highest BCUT2D eigenvalue weighted by Crippen LogP contribution is 2.28. The van der Waals surface area contributed by atoms with E-state index in [2.05, 4.69) is 0 Å². The fourth-order valence-electron chi connectivity index (χ4n) is 1.61. The van der Waals surface area contributed by atoms with Crippen LogP contribution in [-0.2, 0) is 6.42 Å². The predicted octanol–water partition coefficient (Wildman–Crippen LogP) is 1.49. The van der Waals surface area contributed by atoms with Crippen molar-refractivity contribution in [1.29, 1.82) is 0 Å². The van der Waals surface area contributed by atoms with Crippen LogP contribution in [0.3, 0.4) is 0 Å². The lowest BCUT2D eigenvalue weighted by Gasteiger charge is -2.18. The first kappa shape index (κ1) is 7.95. The van der Waals surface area contributed by atoms with E-state index in [1.54, 1.807) is 0 Å². The Hall–Kier alpha value is -0.670. The van der Waals surface area contributed by atoms with Crippen molar-refractivity contribution in [2.45, 2.75) is 12.8 Å². The normalized spacial score (nSPS) is 22.4. The molecule has 1 N–H and O–H groups in total. The summed E-state index contributed by atoms with van der Waals surface area (Å²) in [5.74, 6) is 0.352. The Labute approximate surface area is 74.8 Å². The summed E-state index contributed by atoms with van der Waals surface area (Å²) >= 11 is 1.51. The SMILES string of the molecule is O=C1CC(CO)Cc2ccsc21. The van der Waals surface area contributed by atoms with Gasteiger partial charge < -0.3 is 5.11 Å². The number of aliphatic hydroxyl groups excluding tert-OH is 1. The average molecular weight is 182 g/mol. The summed E-state index contributed by atoms with van der Waals surface area (Å²) in [4.78, 5) is 12.3. The van der Waals surface area contributed by atoms with Crippen LogP contribution in [0.2, 0.25) is 0 Å². The topological polar surface area (TPSA) is 37.3 Å². The second-order valence-electron chi connectivity index (χ2n) is 3.15. The van der Waals surface area contributed by atoms with Crippen molar-refractivity contribution in [3.05, 3.63) is 21.9 Å². The summed E-state index contributed by atoms with van der Waals surface area (Å²) in [5.41, 5.74) is 1.12. The number of hydrogen-bond acceptors (Lipinski definition) is 3. The third-order valence-electron chi connectivity index (χ3n) is 2.24. The minimum Gasteiger partial charge on any atom is -0.396 e. The van der Waals surface area contributed by atoms with Gasteiger partial charge in [0.2, 0.25) is 0 Å². The standard InChI is InChI=1S/C9H10O2S/c10-5-6-3-7-1-2-12-9(7)8(11)4-6/h1-2,6,10H,3-5H2. The van der Waals surface area contributed by atoms with Gasteiger partial charge in [-0.3, -0.25) is 4.79 Å². The van der Waals surface area contributed by atoms with Crippen LogP contribution in [0.4, 0.5) is 0 Å². The maximum Gasteiger partial charge on any atom is 0.173 e. The third kappa shape index (κ3) is 1.19. The number of ketones is 1. The predicted molar refractivity (Wildman–Crippen MR) is 47.5 cm³/mol. The van der Waals surface area contributed by atoms with Crippen LogP contribution in [0.5, 0.6) is 0 Å². The molecule has 1 aromatic heterocycles. The molecular formula is C9H10O2S. The molecule has 2 nitrogen and oxygen atoms in total. The number of fused-ring (bicyclic) bond motifs is 1. The van der Waals surface area contributed by atoms with E-state index in [-0.39, 0.29) is 18.3 Å². The molecule has 3 heteroatoms. The van der Waals surface area contributed by atoms with Gasteiger partial charge in [-0.1, -0.05) is 0 Å². The van der Waals surface area contributed by atoms with E-state index < -0.39 is 0 Å². The second-order valence-corrected chi connectivity index (χ2v) is 4.07. The van der Waals surface area contributed by atoms with Gasteiger partial charge in [0, 0.05) is 13.0 Å². The van der Waals surface area contributed by atoms with E-state index in [0.717, 1.165) is 16.9 Å². The Bertz CT molecular complexity index is 303. The molecule has 0 aromatic carbocycles. The molecule has 0 bridgehead atoms. The molecule has 0 saturated heterocycles. The summed E-state index contributed by atoms with van der Waals surface area (Å²) in [7, 11) is 0. The van der Waals surface area contributed by atoms with Crippen molar-refractivity contribution in [1.82, 2.24) is 0 Å². The molecule has 1 heterocycles. The van der Waals surface area contributed by atoms with Crippen LogP contribution in [0, 0.1) is 5.92 Å². The molecule has 0 spiro atoms. The molecule has 0 aliphatic heterocycles. The van der Waals surface area contributed by atoms with Crippen LogP contribution in [0.25, 0.3) is 0 Å². The maximum absolute atomic E-state index is 11.4. The highest BCUT2D eigenvalue weighted by Gasteiger charge is 2.25. The van der Waals surface area contributed by atoms with Crippen LogP contribution in [-0.4, -0.2) is 17.5 Å². The summed E-state index contributed by atoms with van der Waals surface area (Å²) in [6.45, 7) is 0.126. The van der Waals surface area contributed by atoms with E-state index in [4.69, 9.17) is 5.11 Å². The molecule has 1 aliphatic carbocycles. The molecule has 1 atom stereocenters. The van der Waals surface area contributed by atoms with Crippen molar-refractivity contribution >= 4 is 17.1 Å². The van der Waals surface area contributed by atoms with Gasteiger partial charge in [-0.05, 0) is 29.3 Å². The van der Waals surface area contributed by atoms with Crippen molar-refractivity contribution in [3.8, 4) is 0 Å². The van der Waals surface area contributed by atoms with Crippen molar-refractivity contribution in [2.24, 2.45) is 5.92 Å². The number of Topliss-reactive ketones (excluding diaryl/α,β-unsaturated/α-hetero) is 1. The Morgan fingerprint density at radius 2 is 2.42 bits per heavy atom. The number of aliphatic hydroxyl groups is 1. The molecule has 1 aliphatic rings. The lowest BCUT2D eigenvalue weighted by atomic mass is 9.88. The molecule has 1 aromatic rings. The zero-order valence-corrected chi connectivity index (χ0v) is 7.43. The van der Waals surface area contributed by atoms with Gasteiger partial charge in [-0.25, -0.2) is 0 Å². The van der Waals surface area contributed by atoms with Gasteiger partial charge in [-0.15, -0.1) is 11.3 Å². The fraction of sp³-hybridized carbons (Fsp3) is 0.444. The lowest BCUT2D eigenvalue weighted by molar-refractivity contribution is 0.0924. The Balaban J connectivity index is 2.32. The Morgan fingerprint density at radius 1 is 1.58 bits per heavy atom. The zero-order chi connectivity index (χ0) is 8.55. The maximum atomic E-state index is 11.4. The molecule has 2 rings (SSSR count). The van der Waals surface area contributed by atoms with E-state index in [1.165, 1.54) is 11.3 Å². The van der Waals surface area contributed by atoms with Crippen LogP contribution < -0.4 is 0 Å². The zero-order valence-electron chi connectivity index (χ0n) is 6.62. The first-order chi connectivity index (χ1) is 5.81. The van der Waals surface area contributed by atoms with E-state index in [1.807, 2.05) is 11.4 Å². The first-order valence-electron chi connectivity index (χ1n) is 4.01. The van der Waals surface area contributed by atoms with Gasteiger partial charge in [-0.2, -0.15) is 0 Å². The molecule has 0 saturated carbocycles. The molecular weight excluding hydrogens is 172 g/mol. The largest absolute Gasteiger partial charge is 0.396 e. The Morgan fingerprint density at radius 3 is 3.17 bits per heavy atom. The number of thiophene rings is 1. The smallest absolute Gasteiger partial charge is 0.173 e. The number of rotatable bonds is 1. The van der Waals surface area contributed by atoms with Gasteiger partial charge >= 0.3 is 0 Å². The summed E-state index contributed by atoms with van der Waals surface area (Å²) < 4.78 is 0. The highest BCUT2D eigenvalue weighted by molar-refractivity contribution is 7.12. The molecule has 64 valence electrons. The number of hydrogen-bond donors (Lipinski definition) is 1. The molecule has 1 unspecified atom stereocenters. The molecule has 0 fully saturated rings. The molecule has 0 amide bonds. The van der Waals surface area contributed by atoms with Crippen molar-refractivity contribution in [2.75, 3.05) is 6.61 Å². The minimum absolute atomic E-state index is 0.126. The minimum atomic E-state index is 0.126. The summed E-state index contributed by atoms with van der Waals surface area (Å²) in [6.07, 6.45) is 1.38. The number of carbonyl (C=O) groups excluding carboxylic acids is 1. The Kier molecular flexibility index (Phi) is 1.98. The second kappa shape index (κ2) is 2.99. The van der Waals surface area contributed by atoms with Crippen LogP contribution in [0.15, 0.2) is 11.4 Å². The van der Waals surface area contributed by atoms with E-state index in [0.29, 0.717) is 6.42 Å². The first-order valence-corrected chi connectivity index (χ1v) is 4.89. The third-order valence-corrected chi connectivity index (χ3v) is 3.24.